The van der Waals surface area contributed by atoms with Gasteiger partial charge in [-0.1, -0.05) is 72.4 Å². The summed E-state index contributed by atoms with van der Waals surface area (Å²) in [7, 11) is 0. The molecule has 32 heavy (non-hydrogen) atoms. The molecular formula is C25H31N5OS. The summed E-state index contributed by atoms with van der Waals surface area (Å²) in [6.45, 7) is 7.66. The Morgan fingerprint density at radius 2 is 1.62 bits per heavy atom. The highest BCUT2D eigenvalue weighted by Gasteiger charge is 2.23. The van der Waals surface area contributed by atoms with Gasteiger partial charge in [-0.25, -0.2) is 0 Å². The van der Waals surface area contributed by atoms with Crippen LogP contribution < -0.4 is 5.32 Å². The van der Waals surface area contributed by atoms with Crippen LogP contribution >= 0.6 is 11.8 Å². The molecule has 1 aliphatic rings. The van der Waals surface area contributed by atoms with Gasteiger partial charge in [-0.05, 0) is 50.9 Å². The van der Waals surface area contributed by atoms with Crippen LogP contribution in [0.15, 0.2) is 65.8 Å². The van der Waals surface area contributed by atoms with Gasteiger partial charge in [0.05, 0.1) is 24.4 Å². The van der Waals surface area contributed by atoms with Crippen LogP contribution in [0.2, 0.25) is 0 Å². The summed E-state index contributed by atoms with van der Waals surface area (Å²) in [4.78, 5) is 15.3. The van der Waals surface area contributed by atoms with Crippen LogP contribution in [0.5, 0.6) is 0 Å². The number of rotatable bonds is 9. The van der Waals surface area contributed by atoms with Gasteiger partial charge in [0.2, 0.25) is 5.91 Å². The predicted molar refractivity (Wildman–Crippen MR) is 128 cm³/mol. The highest BCUT2D eigenvalue weighted by molar-refractivity contribution is 8.00. The number of likely N-dealkylation sites (tertiary alicyclic amines) is 1. The van der Waals surface area contributed by atoms with Gasteiger partial charge >= 0.3 is 0 Å². The van der Waals surface area contributed by atoms with Crippen molar-refractivity contribution in [3.63, 3.8) is 0 Å². The molecule has 2 aromatic carbocycles. The Bertz CT molecular complexity index is 1000. The molecule has 2 heterocycles. The van der Waals surface area contributed by atoms with Crippen LogP contribution in [0.25, 0.3) is 0 Å². The first kappa shape index (κ1) is 22.6. The van der Waals surface area contributed by atoms with Crippen LogP contribution in [0, 0.1) is 0 Å². The lowest BCUT2D eigenvalue weighted by Gasteiger charge is -2.19. The Balaban J connectivity index is 1.47. The van der Waals surface area contributed by atoms with Gasteiger partial charge in [-0.3, -0.25) is 9.69 Å². The molecule has 0 radical (unpaired) electrons. The quantitative estimate of drug-likeness (QED) is 0.494. The van der Waals surface area contributed by atoms with E-state index in [9.17, 15) is 4.79 Å². The summed E-state index contributed by atoms with van der Waals surface area (Å²) in [6.07, 6.45) is 2.48. The molecule has 0 bridgehead atoms. The predicted octanol–water partition coefficient (Wildman–Crippen LogP) is 4.28. The van der Waals surface area contributed by atoms with Crippen molar-refractivity contribution in [2.24, 2.45) is 0 Å². The Hall–Kier alpha value is -2.64. The van der Waals surface area contributed by atoms with Gasteiger partial charge < -0.3 is 9.88 Å². The zero-order valence-electron chi connectivity index (χ0n) is 18.8. The third-order valence-electron chi connectivity index (χ3n) is 5.85. The topological polar surface area (TPSA) is 63.1 Å². The largest absolute Gasteiger partial charge is 0.349 e. The number of benzene rings is 2. The number of carbonyl (C=O) groups is 1. The maximum absolute atomic E-state index is 12.9. The third-order valence-corrected chi connectivity index (χ3v) is 6.93. The number of amides is 1. The van der Waals surface area contributed by atoms with E-state index in [-0.39, 0.29) is 17.2 Å². The van der Waals surface area contributed by atoms with E-state index in [1.807, 2.05) is 62.4 Å². The molecule has 168 valence electrons. The number of hydrogen-bond acceptors (Lipinski definition) is 5. The van der Waals surface area contributed by atoms with E-state index in [1.54, 1.807) is 0 Å². The van der Waals surface area contributed by atoms with Crippen molar-refractivity contribution < 1.29 is 4.79 Å². The van der Waals surface area contributed by atoms with Crippen molar-refractivity contribution in [3.05, 3.63) is 77.6 Å². The molecule has 7 heteroatoms. The summed E-state index contributed by atoms with van der Waals surface area (Å²) in [5.74, 6) is 0.963. The third kappa shape index (κ3) is 5.78. The molecule has 6 nitrogen and oxygen atoms in total. The first-order valence-corrected chi connectivity index (χ1v) is 12.2. The molecule has 0 saturated carbocycles. The molecule has 1 saturated heterocycles. The van der Waals surface area contributed by atoms with Crippen LogP contribution in [-0.2, 0) is 17.9 Å². The minimum absolute atomic E-state index is 0.00158. The van der Waals surface area contributed by atoms with E-state index in [1.165, 1.54) is 30.2 Å². The van der Waals surface area contributed by atoms with E-state index in [0.29, 0.717) is 6.54 Å². The maximum atomic E-state index is 12.9. The summed E-state index contributed by atoms with van der Waals surface area (Å²) < 4.78 is 2.17. The Labute approximate surface area is 194 Å². The minimum Gasteiger partial charge on any atom is -0.349 e. The zero-order chi connectivity index (χ0) is 22.3. The molecule has 3 aromatic rings. The van der Waals surface area contributed by atoms with E-state index in [4.69, 9.17) is 0 Å². The van der Waals surface area contributed by atoms with Gasteiger partial charge in [0.15, 0.2) is 5.16 Å². The van der Waals surface area contributed by atoms with Crippen molar-refractivity contribution in [1.82, 2.24) is 25.0 Å². The smallest absolute Gasteiger partial charge is 0.233 e. The Morgan fingerprint density at radius 3 is 2.31 bits per heavy atom. The number of aromatic nitrogens is 3. The summed E-state index contributed by atoms with van der Waals surface area (Å²) in [6, 6.07) is 20.3. The van der Waals surface area contributed by atoms with Gasteiger partial charge in [-0.2, -0.15) is 0 Å². The highest BCUT2D eigenvalue weighted by atomic mass is 32.2. The molecular weight excluding hydrogens is 418 g/mol. The second kappa shape index (κ2) is 10.8. The van der Waals surface area contributed by atoms with Crippen molar-refractivity contribution in [2.45, 2.75) is 56.2 Å². The molecule has 1 aliphatic heterocycles. The standard InChI is InChI=1S/C25H31N5OS/c1-19(22-13-7-4-8-14-22)26-24(31)20(2)32-25-28-27-23(18-29-15-9-10-16-29)30(25)17-21-11-5-3-6-12-21/h3-8,11-14,19-20H,9-10,15-18H2,1-2H3,(H,26,31). The van der Waals surface area contributed by atoms with Crippen LogP contribution in [-0.4, -0.2) is 43.9 Å². The Kier molecular flexibility index (Phi) is 7.60. The summed E-state index contributed by atoms with van der Waals surface area (Å²) >= 11 is 1.47. The van der Waals surface area contributed by atoms with Gasteiger partial charge in [0, 0.05) is 0 Å². The lowest BCUT2D eigenvalue weighted by Crippen LogP contribution is -2.33. The van der Waals surface area contributed by atoms with Gasteiger partial charge in [0.25, 0.3) is 0 Å². The molecule has 1 amide bonds. The van der Waals surface area contributed by atoms with Crippen LogP contribution in [0.4, 0.5) is 0 Å². The van der Waals surface area contributed by atoms with Gasteiger partial charge in [0.1, 0.15) is 5.82 Å². The van der Waals surface area contributed by atoms with Crippen molar-refractivity contribution in [1.29, 1.82) is 0 Å². The van der Waals surface area contributed by atoms with E-state index < -0.39 is 0 Å². The lowest BCUT2D eigenvalue weighted by atomic mass is 10.1. The number of nitrogens with one attached hydrogen (secondary N) is 1. The van der Waals surface area contributed by atoms with Crippen LogP contribution in [0.3, 0.4) is 0 Å². The molecule has 2 atom stereocenters. The molecule has 0 aliphatic carbocycles. The lowest BCUT2D eigenvalue weighted by molar-refractivity contribution is -0.120. The normalized spacial score (nSPS) is 16.1. The van der Waals surface area contributed by atoms with Crippen molar-refractivity contribution >= 4 is 17.7 Å². The second-order valence-corrected chi connectivity index (χ2v) is 9.66. The molecule has 2 unspecified atom stereocenters. The monoisotopic (exact) mass is 449 g/mol. The number of nitrogens with zero attached hydrogens (tertiary/aromatic N) is 4. The molecule has 1 aromatic heterocycles. The van der Waals surface area contributed by atoms with Crippen molar-refractivity contribution in [2.75, 3.05) is 13.1 Å². The first-order chi connectivity index (χ1) is 15.6. The summed E-state index contributed by atoms with van der Waals surface area (Å²) in [5, 5.41) is 12.6. The Morgan fingerprint density at radius 1 is 0.969 bits per heavy atom. The fourth-order valence-corrected chi connectivity index (χ4v) is 4.83. The highest BCUT2D eigenvalue weighted by Crippen LogP contribution is 2.25. The van der Waals surface area contributed by atoms with Gasteiger partial charge in [-0.15, -0.1) is 10.2 Å². The first-order valence-electron chi connectivity index (χ1n) is 11.3. The van der Waals surface area contributed by atoms with E-state index in [0.717, 1.165) is 36.2 Å². The van der Waals surface area contributed by atoms with Crippen molar-refractivity contribution in [3.8, 4) is 0 Å². The number of thioether (sulfide) groups is 1. The molecule has 1 fully saturated rings. The molecule has 4 rings (SSSR count). The number of carbonyl (C=O) groups excluding carboxylic acids is 1. The fourth-order valence-electron chi connectivity index (χ4n) is 3.96. The average Bonchev–Trinajstić information content (AvgIpc) is 3.46. The van der Waals surface area contributed by atoms with Crippen LogP contribution in [0.1, 0.15) is 49.7 Å². The molecule has 0 spiro atoms. The fraction of sp³-hybridized carbons (Fsp3) is 0.400. The van der Waals surface area contributed by atoms with E-state index >= 15 is 0 Å². The second-order valence-electron chi connectivity index (χ2n) is 8.35. The zero-order valence-corrected chi connectivity index (χ0v) is 19.6. The van der Waals surface area contributed by atoms with E-state index in [2.05, 4.69) is 37.1 Å². The maximum Gasteiger partial charge on any atom is 0.233 e. The average molecular weight is 450 g/mol. The number of hydrogen-bond donors (Lipinski definition) is 1. The SMILES string of the molecule is CC(Sc1nnc(CN2CCCC2)n1Cc1ccccc1)C(=O)NC(C)c1ccccc1. The summed E-state index contributed by atoms with van der Waals surface area (Å²) in [5.41, 5.74) is 2.30. The minimum atomic E-state index is -0.278. The molecule has 1 N–H and O–H groups in total.